The summed E-state index contributed by atoms with van der Waals surface area (Å²) >= 11 is 0.826. The molecule has 0 radical (unpaired) electrons. The molecule has 0 spiro atoms. The van der Waals surface area contributed by atoms with Gasteiger partial charge >= 0.3 is 0 Å². The van der Waals surface area contributed by atoms with Crippen LogP contribution in [0, 0.1) is 0 Å². The monoisotopic (exact) mass is 325 g/mol. The number of nitrogens with one attached hydrogen (secondary N) is 1. The van der Waals surface area contributed by atoms with E-state index in [1.165, 1.54) is 7.11 Å². The van der Waals surface area contributed by atoms with Crippen molar-refractivity contribution in [2.45, 2.75) is 18.2 Å². The van der Waals surface area contributed by atoms with Gasteiger partial charge < -0.3 is 4.74 Å². The molecular formula is C13H15N3O3S2. The Bertz CT molecular complexity index is 748. The van der Waals surface area contributed by atoms with Crippen molar-refractivity contribution in [3.63, 3.8) is 0 Å². The first-order chi connectivity index (χ1) is 9.94. The van der Waals surface area contributed by atoms with E-state index >= 15 is 0 Å². The highest BCUT2D eigenvalue weighted by atomic mass is 32.2. The molecule has 0 unspecified atom stereocenters. The van der Waals surface area contributed by atoms with Gasteiger partial charge in [-0.25, -0.2) is 9.71 Å². The van der Waals surface area contributed by atoms with Gasteiger partial charge in [-0.2, -0.15) is 12.8 Å². The van der Waals surface area contributed by atoms with Gasteiger partial charge in [-0.05, 0) is 19.4 Å². The van der Waals surface area contributed by atoms with Crippen molar-refractivity contribution in [2.24, 2.45) is 0 Å². The van der Waals surface area contributed by atoms with Crippen molar-refractivity contribution in [1.29, 1.82) is 0 Å². The minimum absolute atomic E-state index is 0.0999. The normalized spacial score (nSPS) is 11.0. The standard InChI is InChI=1S/C13H15N3O3S2/c1-9(2)12(19-3)16-21(17,18)13-14-11(15-20-13)10-7-5-4-6-8-10/h4-8,16H,1-3H3. The van der Waals surface area contributed by atoms with Crippen molar-refractivity contribution in [3.8, 4) is 11.4 Å². The third-order valence-corrected chi connectivity index (χ3v) is 4.95. The maximum absolute atomic E-state index is 12.2. The molecule has 1 heterocycles. The first-order valence-electron chi connectivity index (χ1n) is 6.07. The molecule has 0 saturated carbocycles. The fraction of sp³-hybridized carbons (Fsp3) is 0.231. The summed E-state index contributed by atoms with van der Waals surface area (Å²) in [7, 11) is -2.39. The van der Waals surface area contributed by atoms with Gasteiger partial charge in [0.25, 0.3) is 10.0 Å². The number of nitrogens with zero attached hydrogens (tertiary/aromatic N) is 2. The molecular weight excluding hydrogens is 310 g/mol. The van der Waals surface area contributed by atoms with Gasteiger partial charge in [-0.15, -0.1) is 0 Å². The maximum atomic E-state index is 12.2. The van der Waals surface area contributed by atoms with Gasteiger partial charge in [0.15, 0.2) is 11.7 Å². The third kappa shape index (κ3) is 3.59. The molecule has 2 aromatic rings. The molecule has 0 atom stereocenters. The molecule has 21 heavy (non-hydrogen) atoms. The van der Waals surface area contributed by atoms with E-state index in [9.17, 15) is 8.42 Å². The van der Waals surface area contributed by atoms with E-state index in [1.807, 2.05) is 30.3 Å². The van der Waals surface area contributed by atoms with Crippen LogP contribution in [0.1, 0.15) is 13.8 Å². The average Bonchev–Trinajstić information content (AvgIpc) is 2.96. The van der Waals surface area contributed by atoms with Gasteiger partial charge in [0.05, 0.1) is 7.11 Å². The van der Waals surface area contributed by atoms with Crippen LogP contribution in [0.3, 0.4) is 0 Å². The van der Waals surface area contributed by atoms with Gasteiger partial charge in [-0.3, -0.25) is 0 Å². The SMILES string of the molecule is COC(NS(=O)(=O)c1nc(-c2ccccc2)ns1)=C(C)C. The number of hydrogen-bond acceptors (Lipinski definition) is 6. The van der Waals surface area contributed by atoms with Crippen LogP contribution < -0.4 is 4.72 Å². The smallest absolute Gasteiger partial charge is 0.293 e. The Morgan fingerprint density at radius 2 is 1.90 bits per heavy atom. The topological polar surface area (TPSA) is 81.2 Å². The van der Waals surface area contributed by atoms with Crippen molar-refractivity contribution in [2.75, 3.05) is 7.11 Å². The molecule has 0 fully saturated rings. The van der Waals surface area contributed by atoms with Gasteiger partial charge in [0, 0.05) is 17.1 Å². The Hall–Kier alpha value is -1.93. The number of rotatable bonds is 5. The molecule has 1 aromatic heterocycles. The highest BCUT2D eigenvalue weighted by Gasteiger charge is 2.22. The summed E-state index contributed by atoms with van der Waals surface area (Å²) in [6.07, 6.45) is 0. The van der Waals surface area contributed by atoms with E-state index in [1.54, 1.807) is 13.8 Å². The summed E-state index contributed by atoms with van der Waals surface area (Å²) in [4.78, 5) is 4.08. The number of aromatic nitrogens is 2. The quantitative estimate of drug-likeness (QED) is 0.854. The lowest BCUT2D eigenvalue weighted by Gasteiger charge is -2.09. The van der Waals surface area contributed by atoms with Gasteiger partial charge in [-0.1, -0.05) is 30.3 Å². The molecule has 6 nitrogen and oxygen atoms in total. The number of benzene rings is 1. The number of methoxy groups -OCH3 is 1. The predicted molar refractivity (Wildman–Crippen MR) is 81.0 cm³/mol. The van der Waals surface area contributed by atoms with Crippen LogP contribution in [0.15, 0.2) is 46.1 Å². The Morgan fingerprint density at radius 3 is 2.48 bits per heavy atom. The van der Waals surface area contributed by atoms with Crippen molar-refractivity contribution in [3.05, 3.63) is 41.8 Å². The fourth-order valence-corrected chi connectivity index (χ4v) is 3.43. The zero-order valence-corrected chi connectivity index (χ0v) is 13.5. The molecule has 112 valence electrons. The molecule has 2 rings (SSSR count). The number of allylic oxidation sites excluding steroid dienone is 1. The van der Waals surface area contributed by atoms with E-state index in [2.05, 4.69) is 14.1 Å². The summed E-state index contributed by atoms with van der Waals surface area (Å²) in [6.45, 7) is 3.49. The van der Waals surface area contributed by atoms with Crippen LogP contribution in [-0.2, 0) is 14.8 Å². The average molecular weight is 325 g/mol. The number of sulfonamides is 1. The van der Waals surface area contributed by atoms with Crippen LogP contribution in [0.5, 0.6) is 0 Å². The fourth-order valence-electron chi connectivity index (χ4n) is 1.54. The Kier molecular flexibility index (Phi) is 4.59. The Morgan fingerprint density at radius 1 is 1.24 bits per heavy atom. The van der Waals surface area contributed by atoms with E-state index in [0.717, 1.165) is 17.1 Å². The van der Waals surface area contributed by atoms with E-state index in [4.69, 9.17) is 4.74 Å². The zero-order valence-electron chi connectivity index (χ0n) is 11.8. The summed E-state index contributed by atoms with van der Waals surface area (Å²) in [5.74, 6) is 0.573. The van der Waals surface area contributed by atoms with E-state index < -0.39 is 10.0 Å². The molecule has 1 aromatic carbocycles. The molecule has 0 aliphatic carbocycles. The van der Waals surface area contributed by atoms with Crippen LogP contribution >= 0.6 is 11.5 Å². The first-order valence-corrected chi connectivity index (χ1v) is 8.33. The Balaban J connectivity index is 2.31. The predicted octanol–water partition coefficient (Wildman–Crippen LogP) is 2.38. The lowest BCUT2D eigenvalue weighted by Crippen LogP contribution is -2.24. The van der Waals surface area contributed by atoms with Crippen LogP contribution in [0.2, 0.25) is 0 Å². The van der Waals surface area contributed by atoms with Crippen LogP contribution in [0.25, 0.3) is 11.4 Å². The molecule has 0 amide bonds. The van der Waals surface area contributed by atoms with Gasteiger partial charge in [0.1, 0.15) is 0 Å². The second kappa shape index (κ2) is 6.23. The lowest BCUT2D eigenvalue weighted by atomic mass is 10.2. The van der Waals surface area contributed by atoms with Crippen molar-refractivity contribution in [1.82, 2.24) is 14.1 Å². The summed E-state index contributed by atoms with van der Waals surface area (Å²) in [5, 5.41) is 0. The largest absolute Gasteiger partial charge is 0.482 e. The molecule has 0 aliphatic heterocycles. The lowest BCUT2D eigenvalue weighted by molar-refractivity contribution is 0.272. The second-order valence-electron chi connectivity index (χ2n) is 4.39. The molecule has 0 bridgehead atoms. The highest BCUT2D eigenvalue weighted by Crippen LogP contribution is 2.21. The summed E-state index contributed by atoms with van der Waals surface area (Å²) < 4.78 is 35.8. The van der Waals surface area contributed by atoms with Crippen molar-refractivity contribution < 1.29 is 13.2 Å². The molecule has 0 saturated heterocycles. The van der Waals surface area contributed by atoms with E-state index in [0.29, 0.717) is 11.4 Å². The van der Waals surface area contributed by atoms with Crippen LogP contribution in [0.4, 0.5) is 0 Å². The Labute approximate surface area is 127 Å². The zero-order chi connectivity index (χ0) is 15.5. The minimum atomic E-state index is -3.79. The second-order valence-corrected chi connectivity index (χ2v) is 7.00. The van der Waals surface area contributed by atoms with Gasteiger partial charge in [0.2, 0.25) is 4.34 Å². The minimum Gasteiger partial charge on any atom is -0.482 e. The number of ether oxygens (including phenoxy) is 1. The molecule has 8 heteroatoms. The molecule has 1 N–H and O–H groups in total. The third-order valence-electron chi connectivity index (χ3n) is 2.55. The highest BCUT2D eigenvalue weighted by molar-refractivity contribution is 7.91. The number of hydrogen-bond donors (Lipinski definition) is 1. The first kappa shape index (κ1) is 15.5. The van der Waals surface area contributed by atoms with E-state index in [-0.39, 0.29) is 10.2 Å². The maximum Gasteiger partial charge on any atom is 0.293 e. The molecule has 0 aliphatic rings. The summed E-state index contributed by atoms with van der Waals surface area (Å²) in [6, 6.07) is 9.20. The van der Waals surface area contributed by atoms with Crippen molar-refractivity contribution >= 4 is 21.6 Å². The van der Waals surface area contributed by atoms with Crippen LogP contribution in [-0.4, -0.2) is 24.9 Å². The summed E-state index contributed by atoms with van der Waals surface area (Å²) in [5.41, 5.74) is 1.48.